The van der Waals surface area contributed by atoms with Gasteiger partial charge in [-0.25, -0.2) is 9.97 Å². The molecular weight excluding hydrogens is 238 g/mol. The zero-order valence-electron chi connectivity index (χ0n) is 8.72. The van der Waals surface area contributed by atoms with Gasteiger partial charge in [0.2, 0.25) is 5.95 Å². The fraction of sp³-hybridized carbons (Fsp3) is 0. The van der Waals surface area contributed by atoms with Gasteiger partial charge in [0, 0.05) is 5.39 Å². The standard InChI is InChI=1S/C12H8ClN3O/c13-10-6-5-9(17-10)11-7-3-1-2-4-8(7)15-12(14)16-11/h1-6H,(H2,14,15,16). The van der Waals surface area contributed by atoms with Crippen LogP contribution in [0.4, 0.5) is 5.95 Å². The summed E-state index contributed by atoms with van der Waals surface area (Å²) in [5, 5.41) is 1.20. The molecule has 5 heteroatoms. The molecule has 0 bridgehead atoms. The number of aromatic nitrogens is 2. The van der Waals surface area contributed by atoms with Crippen molar-refractivity contribution >= 4 is 28.5 Å². The Labute approximate surface area is 102 Å². The fourth-order valence-electron chi connectivity index (χ4n) is 1.72. The number of nitrogens with zero attached hydrogens (tertiary/aromatic N) is 2. The van der Waals surface area contributed by atoms with E-state index in [0.29, 0.717) is 16.7 Å². The Hall–Kier alpha value is -2.07. The minimum absolute atomic E-state index is 0.214. The highest BCUT2D eigenvalue weighted by Gasteiger charge is 2.11. The van der Waals surface area contributed by atoms with Gasteiger partial charge in [-0.15, -0.1) is 0 Å². The first-order valence-electron chi connectivity index (χ1n) is 5.02. The highest BCUT2D eigenvalue weighted by molar-refractivity contribution is 6.29. The van der Waals surface area contributed by atoms with Crippen molar-refractivity contribution in [3.8, 4) is 11.5 Å². The van der Waals surface area contributed by atoms with Crippen molar-refractivity contribution in [3.63, 3.8) is 0 Å². The molecule has 2 N–H and O–H groups in total. The van der Waals surface area contributed by atoms with Crippen LogP contribution in [-0.2, 0) is 0 Å². The summed E-state index contributed by atoms with van der Waals surface area (Å²) in [6.45, 7) is 0. The first-order chi connectivity index (χ1) is 8.24. The predicted octanol–water partition coefficient (Wildman–Crippen LogP) is 3.13. The van der Waals surface area contributed by atoms with E-state index in [9.17, 15) is 0 Å². The van der Waals surface area contributed by atoms with Gasteiger partial charge in [0.25, 0.3) is 0 Å². The Balaban J connectivity index is 2.35. The molecule has 0 atom stereocenters. The molecule has 2 heterocycles. The van der Waals surface area contributed by atoms with Crippen LogP contribution >= 0.6 is 11.6 Å². The van der Waals surface area contributed by atoms with E-state index in [0.717, 1.165) is 10.9 Å². The summed E-state index contributed by atoms with van der Waals surface area (Å²) in [6, 6.07) is 11.0. The molecule has 2 aromatic heterocycles. The molecule has 0 amide bonds. The van der Waals surface area contributed by atoms with Crippen LogP contribution in [0.25, 0.3) is 22.4 Å². The zero-order chi connectivity index (χ0) is 11.8. The molecule has 4 nitrogen and oxygen atoms in total. The molecule has 3 rings (SSSR count). The lowest BCUT2D eigenvalue weighted by Crippen LogP contribution is -1.97. The smallest absolute Gasteiger partial charge is 0.221 e. The molecule has 0 aliphatic heterocycles. The molecule has 0 saturated heterocycles. The summed E-state index contributed by atoms with van der Waals surface area (Å²) in [5.74, 6) is 0.798. The first-order valence-corrected chi connectivity index (χ1v) is 5.40. The molecule has 0 aliphatic carbocycles. The summed E-state index contributed by atoms with van der Waals surface area (Å²) < 4.78 is 5.35. The number of hydrogen-bond acceptors (Lipinski definition) is 4. The molecule has 84 valence electrons. The number of nitrogen functional groups attached to an aromatic ring is 1. The maximum absolute atomic E-state index is 5.76. The SMILES string of the molecule is Nc1nc(-c2ccc(Cl)o2)c2ccccc2n1. The van der Waals surface area contributed by atoms with E-state index in [-0.39, 0.29) is 5.95 Å². The number of nitrogens with two attached hydrogens (primary N) is 1. The van der Waals surface area contributed by atoms with Crippen LogP contribution in [0.3, 0.4) is 0 Å². The lowest BCUT2D eigenvalue weighted by molar-refractivity contribution is 0.583. The van der Waals surface area contributed by atoms with E-state index in [4.69, 9.17) is 21.8 Å². The van der Waals surface area contributed by atoms with E-state index < -0.39 is 0 Å². The third-order valence-electron chi connectivity index (χ3n) is 2.43. The molecule has 0 unspecified atom stereocenters. The van der Waals surface area contributed by atoms with Gasteiger partial charge in [-0.05, 0) is 29.8 Å². The van der Waals surface area contributed by atoms with Gasteiger partial charge < -0.3 is 10.2 Å². The van der Waals surface area contributed by atoms with Crippen LogP contribution in [0.1, 0.15) is 0 Å². The first kappa shape index (κ1) is 10.1. The average Bonchev–Trinajstić information content (AvgIpc) is 2.74. The molecular formula is C12H8ClN3O. The zero-order valence-corrected chi connectivity index (χ0v) is 9.48. The van der Waals surface area contributed by atoms with Crippen molar-refractivity contribution in [2.75, 3.05) is 5.73 Å². The van der Waals surface area contributed by atoms with Gasteiger partial charge in [-0.2, -0.15) is 0 Å². The van der Waals surface area contributed by atoms with E-state index in [1.54, 1.807) is 12.1 Å². The van der Waals surface area contributed by atoms with Crippen molar-refractivity contribution < 1.29 is 4.42 Å². The Morgan fingerprint density at radius 3 is 2.65 bits per heavy atom. The second kappa shape index (κ2) is 3.75. The number of para-hydroxylation sites is 1. The van der Waals surface area contributed by atoms with Gasteiger partial charge in [0.05, 0.1) is 5.52 Å². The van der Waals surface area contributed by atoms with Gasteiger partial charge in [0.1, 0.15) is 5.69 Å². The fourth-order valence-corrected chi connectivity index (χ4v) is 1.87. The topological polar surface area (TPSA) is 64.9 Å². The van der Waals surface area contributed by atoms with Crippen LogP contribution in [0, 0.1) is 0 Å². The maximum atomic E-state index is 5.76. The number of halogens is 1. The Kier molecular flexibility index (Phi) is 2.23. The molecule has 17 heavy (non-hydrogen) atoms. The van der Waals surface area contributed by atoms with Crippen molar-refractivity contribution in [1.82, 2.24) is 9.97 Å². The van der Waals surface area contributed by atoms with Gasteiger partial charge in [0.15, 0.2) is 11.0 Å². The number of anilines is 1. The summed E-state index contributed by atoms with van der Waals surface area (Å²) >= 11 is 5.76. The summed E-state index contributed by atoms with van der Waals surface area (Å²) in [6.07, 6.45) is 0. The quantitative estimate of drug-likeness (QED) is 0.715. The van der Waals surface area contributed by atoms with Crippen LogP contribution < -0.4 is 5.73 Å². The minimum atomic E-state index is 0.214. The number of hydrogen-bond donors (Lipinski definition) is 1. The Morgan fingerprint density at radius 2 is 1.88 bits per heavy atom. The minimum Gasteiger partial charge on any atom is -0.443 e. The lowest BCUT2D eigenvalue weighted by Gasteiger charge is -2.03. The van der Waals surface area contributed by atoms with Gasteiger partial charge >= 0.3 is 0 Å². The van der Waals surface area contributed by atoms with E-state index >= 15 is 0 Å². The van der Waals surface area contributed by atoms with Gasteiger partial charge in [-0.3, -0.25) is 0 Å². The van der Waals surface area contributed by atoms with Crippen molar-refractivity contribution in [2.24, 2.45) is 0 Å². The van der Waals surface area contributed by atoms with E-state index in [1.807, 2.05) is 24.3 Å². The predicted molar refractivity (Wildman–Crippen MR) is 66.7 cm³/mol. The number of rotatable bonds is 1. The number of furan rings is 1. The Bertz CT molecular complexity index is 693. The second-order valence-electron chi connectivity index (χ2n) is 3.55. The van der Waals surface area contributed by atoms with E-state index in [2.05, 4.69) is 9.97 Å². The van der Waals surface area contributed by atoms with E-state index in [1.165, 1.54) is 0 Å². The molecule has 1 aromatic carbocycles. The summed E-state index contributed by atoms with van der Waals surface area (Å²) in [5.41, 5.74) is 7.10. The monoisotopic (exact) mass is 245 g/mol. The van der Waals surface area contributed by atoms with Crippen LogP contribution in [0.2, 0.25) is 5.22 Å². The molecule has 0 fully saturated rings. The van der Waals surface area contributed by atoms with Crippen LogP contribution in [0.5, 0.6) is 0 Å². The summed E-state index contributed by atoms with van der Waals surface area (Å²) in [7, 11) is 0. The second-order valence-corrected chi connectivity index (χ2v) is 3.92. The highest BCUT2D eigenvalue weighted by atomic mass is 35.5. The normalized spacial score (nSPS) is 10.9. The number of benzene rings is 1. The lowest BCUT2D eigenvalue weighted by atomic mass is 10.1. The average molecular weight is 246 g/mol. The van der Waals surface area contributed by atoms with Crippen molar-refractivity contribution in [1.29, 1.82) is 0 Å². The van der Waals surface area contributed by atoms with Crippen LogP contribution in [0.15, 0.2) is 40.8 Å². The van der Waals surface area contributed by atoms with Crippen molar-refractivity contribution in [3.05, 3.63) is 41.6 Å². The maximum Gasteiger partial charge on any atom is 0.221 e. The van der Waals surface area contributed by atoms with Gasteiger partial charge in [-0.1, -0.05) is 18.2 Å². The third-order valence-corrected chi connectivity index (χ3v) is 2.63. The Morgan fingerprint density at radius 1 is 1.06 bits per heavy atom. The van der Waals surface area contributed by atoms with Crippen LogP contribution in [-0.4, -0.2) is 9.97 Å². The summed E-state index contributed by atoms with van der Waals surface area (Å²) in [4.78, 5) is 8.36. The molecule has 0 saturated carbocycles. The molecule has 0 aliphatic rings. The molecule has 3 aromatic rings. The molecule has 0 spiro atoms. The van der Waals surface area contributed by atoms with Crippen molar-refractivity contribution in [2.45, 2.75) is 0 Å². The molecule has 0 radical (unpaired) electrons. The largest absolute Gasteiger partial charge is 0.443 e. The third kappa shape index (κ3) is 1.72. The highest BCUT2D eigenvalue weighted by Crippen LogP contribution is 2.29. The number of fused-ring (bicyclic) bond motifs is 1.